The molecule has 0 aliphatic rings. The summed E-state index contributed by atoms with van der Waals surface area (Å²) in [6.45, 7) is 3.78. The van der Waals surface area contributed by atoms with Crippen LogP contribution in [0.5, 0.6) is 0 Å². The van der Waals surface area contributed by atoms with Crippen molar-refractivity contribution >= 4 is 23.3 Å². The number of nitrogens with zero attached hydrogens (tertiary/aromatic N) is 4. The molecule has 0 saturated heterocycles. The average Bonchev–Trinajstić information content (AvgIpc) is 3.12. The Balaban J connectivity index is 1.69. The van der Waals surface area contributed by atoms with E-state index in [1.165, 1.54) is 0 Å². The van der Waals surface area contributed by atoms with Crippen LogP contribution < -0.4 is 5.32 Å². The van der Waals surface area contributed by atoms with Crippen molar-refractivity contribution in [2.75, 3.05) is 0 Å². The fourth-order valence-electron chi connectivity index (χ4n) is 3.12. The summed E-state index contributed by atoms with van der Waals surface area (Å²) in [5.74, 6) is 0.118. The van der Waals surface area contributed by atoms with Crippen molar-refractivity contribution in [1.29, 1.82) is 0 Å². The highest BCUT2D eigenvalue weighted by molar-refractivity contribution is 6.30. The first-order chi connectivity index (χ1) is 13.5. The van der Waals surface area contributed by atoms with Crippen LogP contribution in [-0.2, 0) is 0 Å². The molecule has 1 atom stereocenters. The van der Waals surface area contributed by atoms with Gasteiger partial charge in [0.2, 0.25) is 5.82 Å². The molecule has 0 saturated carbocycles. The number of benzene rings is 2. The average molecular weight is 392 g/mol. The number of fused-ring (bicyclic) bond motifs is 1. The van der Waals surface area contributed by atoms with Gasteiger partial charge in [0.1, 0.15) is 0 Å². The zero-order chi connectivity index (χ0) is 19.7. The number of hydrogen-bond donors (Lipinski definition) is 1. The van der Waals surface area contributed by atoms with Crippen molar-refractivity contribution in [1.82, 2.24) is 24.9 Å². The Morgan fingerprint density at radius 1 is 1.00 bits per heavy atom. The number of aryl methyl sites for hydroxylation is 2. The molecule has 0 fully saturated rings. The molecule has 0 aliphatic carbocycles. The molecule has 28 heavy (non-hydrogen) atoms. The lowest BCUT2D eigenvalue weighted by molar-refractivity contribution is 0.0932. The smallest absolute Gasteiger partial charge is 0.291 e. The molecule has 0 spiro atoms. The fourth-order valence-corrected chi connectivity index (χ4v) is 3.24. The summed E-state index contributed by atoms with van der Waals surface area (Å²) in [5.41, 5.74) is 3.56. The molecule has 4 aromatic rings. The molecule has 1 unspecified atom stereocenters. The van der Waals surface area contributed by atoms with E-state index < -0.39 is 0 Å². The van der Waals surface area contributed by atoms with E-state index in [-0.39, 0.29) is 17.8 Å². The lowest BCUT2D eigenvalue weighted by Gasteiger charge is -2.19. The monoisotopic (exact) mass is 391 g/mol. The molecule has 2 aromatic carbocycles. The van der Waals surface area contributed by atoms with E-state index in [4.69, 9.17) is 11.6 Å². The first-order valence-electron chi connectivity index (χ1n) is 8.83. The Labute approximate surface area is 167 Å². The molecule has 4 rings (SSSR count). The summed E-state index contributed by atoms with van der Waals surface area (Å²) in [4.78, 5) is 21.6. The normalized spacial score (nSPS) is 12.1. The van der Waals surface area contributed by atoms with Crippen LogP contribution in [0.3, 0.4) is 0 Å². The van der Waals surface area contributed by atoms with Gasteiger partial charge in [-0.2, -0.15) is 4.98 Å². The molecular formula is C21H18ClN5O. The molecular weight excluding hydrogens is 374 g/mol. The van der Waals surface area contributed by atoms with Crippen molar-refractivity contribution in [3.8, 4) is 0 Å². The number of hydrogen-bond acceptors (Lipinski definition) is 4. The maximum Gasteiger partial charge on any atom is 0.291 e. The number of carbonyl (C=O) groups excluding carboxylic acids is 1. The third-order valence-electron chi connectivity index (χ3n) is 4.43. The van der Waals surface area contributed by atoms with Crippen LogP contribution in [0.2, 0.25) is 5.02 Å². The third kappa shape index (κ3) is 3.59. The number of rotatable bonds is 4. The van der Waals surface area contributed by atoms with Gasteiger partial charge in [0, 0.05) is 16.4 Å². The van der Waals surface area contributed by atoms with Crippen LogP contribution in [0.4, 0.5) is 0 Å². The predicted molar refractivity (Wildman–Crippen MR) is 107 cm³/mol. The molecule has 6 nitrogen and oxygen atoms in total. The van der Waals surface area contributed by atoms with E-state index >= 15 is 0 Å². The highest BCUT2D eigenvalue weighted by Gasteiger charge is 2.21. The zero-order valence-electron chi connectivity index (χ0n) is 15.4. The van der Waals surface area contributed by atoms with E-state index in [1.807, 2.05) is 62.4 Å². The van der Waals surface area contributed by atoms with Crippen LogP contribution >= 0.6 is 11.6 Å². The van der Waals surface area contributed by atoms with Crippen molar-refractivity contribution in [2.45, 2.75) is 19.9 Å². The molecule has 1 amide bonds. The maximum absolute atomic E-state index is 12.9. The predicted octanol–water partition coefficient (Wildman–Crippen LogP) is 3.91. The Bertz CT molecular complexity index is 1140. The van der Waals surface area contributed by atoms with E-state index in [9.17, 15) is 4.79 Å². The molecule has 1 N–H and O–H groups in total. The fraction of sp³-hybridized carbons (Fsp3) is 0.143. The van der Waals surface area contributed by atoms with E-state index in [2.05, 4.69) is 20.4 Å². The largest absolute Gasteiger partial charge is 0.338 e. The van der Waals surface area contributed by atoms with Gasteiger partial charge >= 0.3 is 0 Å². The van der Waals surface area contributed by atoms with Crippen molar-refractivity contribution in [2.24, 2.45) is 0 Å². The van der Waals surface area contributed by atoms with Crippen molar-refractivity contribution < 1.29 is 4.79 Å². The second kappa shape index (κ2) is 7.40. The minimum Gasteiger partial charge on any atom is -0.338 e. The van der Waals surface area contributed by atoms with E-state index in [1.54, 1.807) is 16.6 Å². The van der Waals surface area contributed by atoms with Gasteiger partial charge in [-0.1, -0.05) is 54.1 Å². The standard InChI is InChI=1S/C21H18ClN5O/c1-13-12-14(2)27-21(23-13)25-19(26-27)20(28)24-18(15-6-4-3-5-7-15)16-8-10-17(22)11-9-16/h3-12,18H,1-2H3,(H,24,28). The second-order valence-corrected chi connectivity index (χ2v) is 6.99. The van der Waals surface area contributed by atoms with E-state index in [0.29, 0.717) is 10.8 Å². The van der Waals surface area contributed by atoms with Gasteiger partial charge in [-0.25, -0.2) is 9.50 Å². The highest BCUT2D eigenvalue weighted by Crippen LogP contribution is 2.24. The van der Waals surface area contributed by atoms with Crippen molar-refractivity contribution in [3.63, 3.8) is 0 Å². The number of carbonyl (C=O) groups is 1. The summed E-state index contributed by atoms with van der Waals surface area (Å²) in [6.07, 6.45) is 0. The molecule has 2 aromatic heterocycles. The summed E-state index contributed by atoms with van der Waals surface area (Å²) in [5, 5.41) is 7.99. The third-order valence-corrected chi connectivity index (χ3v) is 4.69. The van der Waals surface area contributed by atoms with Crippen LogP contribution in [0, 0.1) is 13.8 Å². The lowest BCUT2D eigenvalue weighted by atomic mass is 9.98. The Morgan fingerprint density at radius 3 is 2.39 bits per heavy atom. The topological polar surface area (TPSA) is 72.2 Å². The molecule has 2 heterocycles. The van der Waals surface area contributed by atoms with E-state index in [0.717, 1.165) is 22.5 Å². The SMILES string of the molecule is Cc1cc(C)n2nc(C(=O)NC(c3ccccc3)c3ccc(Cl)cc3)nc2n1. The molecule has 140 valence electrons. The second-order valence-electron chi connectivity index (χ2n) is 6.55. The number of aromatic nitrogens is 4. The molecule has 0 aliphatic heterocycles. The minimum absolute atomic E-state index is 0.0797. The van der Waals surface area contributed by atoms with Gasteiger partial charge in [0.05, 0.1) is 6.04 Å². The van der Waals surface area contributed by atoms with Gasteiger partial charge < -0.3 is 5.32 Å². The summed E-state index contributed by atoms with van der Waals surface area (Å²) >= 11 is 6.02. The first-order valence-corrected chi connectivity index (χ1v) is 9.21. The lowest BCUT2D eigenvalue weighted by Crippen LogP contribution is -2.30. The Morgan fingerprint density at radius 2 is 1.68 bits per heavy atom. The van der Waals surface area contributed by atoms with Gasteiger partial charge in [-0.05, 0) is 43.2 Å². The quantitative estimate of drug-likeness (QED) is 0.572. The first kappa shape index (κ1) is 18.1. The van der Waals surface area contributed by atoms with Gasteiger partial charge in [0.15, 0.2) is 0 Å². The molecule has 7 heteroatoms. The van der Waals surface area contributed by atoms with Crippen LogP contribution in [0.1, 0.15) is 39.2 Å². The van der Waals surface area contributed by atoms with Gasteiger partial charge in [0.25, 0.3) is 11.7 Å². The minimum atomic E-state index is -0.369. The summed E-state index contributed by atoms with van der Waals surface area (Å²) in [6, 6.07) is 18.7. The maximum atomic E-state index is 12.9. The van der Waals surface area contributed by atoms with Gasteiger partial charge in [-0.3, -0.25) is 4.79 Å². The Kier molecular flexibility index (Phi) is 4.79. The zero-order valence-corrected chi connectivity index (χ0v) is 16.2. The Hall–Kier alpha value is -3.25. The summed E-state index contributed by atoms with van der Waals surface area (Å²) < 4.78 is 1.57. The van der Waals surface area contributed by atoms with Crippen molar-refractivity contribution in [3.05, 3.63) is 94.0 Å². The van der Waals surface area contributed by atoms with Gasteiger partial charge in [-0.15, -0.1) is 5.10 Å². The van der Waals surface area contributed by atoms with Crippen LogP contribution in [-0.4, -0.2) is 25.5 Å². The number of halogens is 1. The van der Waals surface area contributed by atoms with Crippen LogP contribution in [0.15, 0.2) is 60.7 Å². The molecule has 0 radical (unpaired) electrons. The number of amides is 1. The highest BCUT2D eigenvalue weighted by atomic mass is 35.5. The summed E-state index contributed by atoms with van der Waals surface area (Å²) in [7, 11) is 0. The van der Waals surface area contributed by atoms with Crippen LogP contribution in [0.25, 0.3) is 5.78 Å². The number of nitrogens with one attached hydrogen (secondary N) is 1. The molecule has 0 bridgehead atoms.